The molecule has 2 heteroatoms. The largest absolute Gasteiger partial charge is 0.245 e. The van der Waals surface area contributed by atoms with Crippen LogP contribution in [0.1, 0.15) is 115 Å². The van der Waals surface area contributed by atoms with Crippen LogP contribution in [0.15, 0.2) is 36.4 Å². The zero-order valence-electron chi connectivity index (χ0n) is 21.4. The molecule has 3 rings (SSSR count). The average molecular weight is 420 g/mol. The Morgan fingerprint density at radius 3 is 1.42 bits per heavy atom. The standard InChI is InChI=1S/C29H43N2/c1-18(2)24-13-11-14-25(19(3)4)28(24)30-17-31(23(10)22(30)9)29-26(20(5)6)15-12-16-27(29)21(7)8/h11-23H,1-10H3/q+1/t22-,23?/m0/s1. The van der Waals surface area contributed by atoms with Crippen molar-refractivity contribution in [3.8, 4) is 0 Å². The summed E-state index contributed by atoms with van der Waals surface area (Å²) in [5.41, 5.74) is 8.63. The van der Waals surface area contributed by atoms with E-state index < -0.39 is 0 Å². The third-order valence-electron chi connectivity index (χ3n) is 7.03. The van der Waals surface area contributed by atoms with Crippen molar-refractivity contribution in [3.63, 3.8) is 0 Å². The summed E-state index contributed by atoms with van der Waals surface area (Å²) in [6, 6.07) is 14.6. The Bertz CT molecular complexity index is 897. The van der Waals surface area contributed by atoms with Crippen molar-refractivity contribution in [1.29, 1.82) is 0 Å². The van der Waals surface area contributed by atoms with Crippen molar-refractivity contribution in [2.45, 2.75) is 105 Å². The van der Waals surface area contributed by atoms with E-state index in [2.05, 4.69) is 121 Å². The molecule has 0 aliphatic carbocycles. The first-order valence-electron chi connectivity index (χ1n) is 12.2. The number of hydrogen-bond acceptors (Lipinski definition) is 1. The quantitative estimate of drug-likeness (QED) is 0.428. The van der Waals surface area contributed by atoms with Crippen LogP contribution < -0.4 is 4.90 Å². The van der Waals surface area contributed by atoms with Crippen molar-refractivity contribution in [3.05, 3.63) is 58.7 Å². The van der Waals surface area contributed by atoms with E-state index in [-0.39, 0.29) is 0 Å². The van der Waals surface area contributed by atoms with Gasteiger partial charge < -0.3 is 0 Å². The maximum atomic E-state index is 2.57. The Hall–Kier alpha value is -2.09. The number of rotatable bonds is 6. The Morgan fingerprint density at radius 1 is 0.645 bits per heavy atom. The summed E-state index contributed by atoms with van der Waals surface area (Å²) in [7, 11) is 0. The van der Waals surface area contributed by atoms with Crippen LogP contribution in [0, 0.1) is 0 Å². The lowest BCUT2D eigenvalue weighted by Crippen LogP contribution is -2.35. The molecule has 1 aliphatic heterocycles. The van der Waals surface area contributed by atoms with Gasteiger partial charge >= 0.3 is 0 Å². The molecule has 0 radical (unpaired) electrons. The second-order valence-electron chi connectivity index (χ2n) is 10.6. The molecule has 0 fully saturated rings. The topological polar surface area (TPSA) is 6.25 Å². The lowest BCUT2D eigenvalue weighted by molar-refractivity contribution is -0.469. The zero-order chi connectivity index (χ0) is 23.0. The van der Waals surface area contributed by atoms with Gasteiger partial charge in [-0.3, -0.25) is 0 Å². The van der Waals surface area contributed by atoms with Gasteiger partial charge in [0.05, 0.1) is 0 Å². The molecule has 2 atom stereocenters. The van der Waals surface area contributed by atoms with Gasteiger partial charge in [-0.15, -0.1) is 0 Å². The van der Waals surface area contributed by atoms with Gasteiger partial charge in [0.15, 0.2) is 0 Å². The molecule has 0 N–H and O–H groups in total. The molecule has 1 heterocycles. The molecule has 0 aromatic heterocycles. The molecule has 0 bridgehead atoms. The molecule has 0 saturated carbocycles. The Balaban J connectivity index is 2.26. The maximum Gasteiger partial charge on any atom is 0.245 e. The van der Waals surface area contributed by atoms with E-state index in [9.17, 15) is 0 Å². The van der Waals surface area contributed by atoms with Crippen LogP contribution in [0.3, 0.4) is 0 Å². The molecule has 2 aromatic carbocycles. The van der Waals surface area contributed by atoms with Gasteiger partial charge in [0, 0.05) is 22.3 Å². The normalized spacial score (nSPS) is 19.3. The number of anilines is 1. The van der Waals surface area contributed by atoms with Crippen LogP contribution in [0.2, 0.25) is 0 Å². The molecular formula is C29H43N2+. The predicted molar refractivity (Wildman–Crippen MR) is 137 cm³/mol. The fraction of sp³-hybridized carbons (Fsp3) is 0.552. The number of para-hydroxylation sites is 2. The van der Waals surface area contributed by atoms with Gasteiger partial charge in [0.25, 0.3) is 0 Å². The monoisotopic (exact) mass is 419 g/mol. The first-order valence-corrected chi connectivity index (χ1v) is 12.2. The van der Waals surface area contributed by atoms with Gasteiger partial charge in [0.1, 0.15) is 23.5 Å². The lowest BCUT2D eigenvalue weighted by Gasteiger charge is -2.24. The van der Waals surface area contributed by atoms with E-state index in [1.54, 1.807) is 0 Å². The highest BCUT2D eigenvalue weighted by atomic mass is 15.3. The molecule has 2 aromatic rings. The predicted octanol–water partition coefficient (Wildman–Crippen LogP) is 8.15. The van der Waals surface area contributed by atoms with E-state index in [0.717, 1.165) is 0 Å². The lowest BCUT2D eigenvalue weighted by atomic mass is 9.91. The smallest absolute Gasteiger partial charge is 0.226 e. The molecular weight excluding hydrogens is 376 g/mol. The van der Waals surface area contributed by atoms with Crippen molar-refractivity contribution in [2.75, 3.05) is 4.90 Å². The molecule has 1 aliphatic rings. The first kappa shape index (κ1) is 23.6. The minimum absolute atomic E-state index is 0.401. The highest BCUT2D eigenvalue weighted by Crippen LogP contribution is 2.41. The van der Waals surface area contributed by atoms with E-state index >= 15 is 0 Å². The molecule has 1 unspecified atom stereocenters. The summed E-state index contributed by atoms with van der Waals surface area (Å²) >= 11 is 0. The summed E-state index contributed by atoms with van der Waals surface area (Å²) in [6.07, 6.45) is 2.41. The minimum atomic E-state index is 0.401. The highest BCUT2D eigenvalue weighted by molar-refractivity contribution is 5.84. The van der Waals surface area contributed by atoms with Gasteiger partial charge in [0.2, 0.25) is 6.34 Å². The third-order valence-corrected chi connectivity index (χ3v) is 7.03. The van der Waals surface area contributed by atoms with Gasteiger partial charge in [-0.1, -0.05) is 91.8 Å². The molecule has 0 saturated heterocycles. The molecule has 168 valence electrons. The van der Waals surface area contributed by atoms with Crippen molar-refractivity contribution < 1.29 is 4.58 Å². The van der Waals surface area contributed by atoms with Crippen molar-refractivity contribution in [1.82, 2.24) is 0 Å². The summed E-state index contributed by atoms with van der Waals surface area (Å²) < 4.78 is 2.57. The van der Waals surface area contributed by atoms with E-state index in [1.165, 1.54) is 33.6 Å². The average Bonchev–Trinajstić information content (AvgIpc) is 3.00. The van der Waals surface area contributed by atoms with Crippen LogP contribution >= 0.6 is 0 Å². The SMILES string of the molecule is CC(C)c1cccc(C(C)C)c1N1C=[N+](c2c(C(C)C)cccc2C(C)C)C(C)[C@@H]1C. The molecule has 31 heavy (non-hydrogen) atoms. The second-order valence-corrected chi connectivity index (χ2v) is 10.6. The fourth-order valence-corrected chi connectivity index (χ4v) is 4.95. The van der Waals surface area contributed by atoms with E-state index in [4.69, 9.17) is 0 Å². The van der Waals surface area contributed by atoms with E-state index in [1.807, 2.05) is 0 Å². The van der Waals surface area contributed by atoms with Gasteiger partial charge in [-0.05, 0) is 37.5 Å². The Labute approximate surface area is 191 Å². The van der Waals surface area contributed by atoms with Crippen LogP contribution in [0.5, 0.6) is 0 Å². The Kier molecular flexibility index (Phi) is 6.98. The summed E-state index contributed by atoms with van der Waals surface area (Å²) in [5.74, 6) is 1.97. The van der Waals surface area contributed by atoms with Crippen LogP contribution in [0.4, 0.5) is 11.4 Å². The molecule has 0 amide bonds. The third kappa shape index (κ3) is 4.31. The minimum Gasteiger partial charge on any atom is -0.226 e. The second kappa shape index (κ2) is 9.18. The van der Waals surface area contributed by atoms with Gasteiger partial charge in [-0.25, -0.2) is 9.48 Å². The van der Waals surface area contributed by atoms with Crippen molar-refractivity contribution in [2.24, 2.45) is 0 Å². The summed E-state index contributed by atoms with van der Waals surface area (Å²) in [6.45, 7) is 23.3. The number of hydrogen-bond donors (Lipinski definition) is 0. The Morgan fingerprint density at radius 2 is 1.03 bits per heavy atom. The first-order chi connectivity index (χ1) is 14.6. The van der Waals surface area contributed by atoms with Crippen LogP contribution in [0.25, 0.3) is 0 Å². The van der Waals surface area contributed by atoms with E-state index in [0.29, 0.717) is 35.8 Å². The number of nitrogens with zero attached hydrogens (tertiary/aromatic N) is 2. The zero-order valence-corrected chi connectivity index (χ0v) is 21.4. The molecule has 2 nitrogen and oxygen atoms in total. The summed E-state index contributed by atoms with van der Waals surface area (Å²) in [5, 5.41) is 0. The maximum absolute atomic E-state index is 2.57. The van der Waals surface area contributed by atoms with Crippen LogP contribution in [-0.2, 0) is 0 Å². The van der Waals surface area contributed by atoms with Crippen molar-refractivity contribution >= 4 is 17.7 Å². The highest BCUT2D eigenvalue weighted by Gasteiger charge is 2.41. The fourth-order valence-electron chi connectivity index (χ4n) is 4.95. The number of benzene rings is 2. The molecule has 0 spiro atoms. The van der Waals surface area contributed by atoms with Gasteiger partial charge in [-0.2, -0.15) is 0 Å². The summed E-state index contributed by atoms with van der Waals surface area (Å²) in [4.78, 5) is 2.57. The van der Waals surface area contributed by atoms with Crippen LogP contribution in [-0.4, -0.2) is 23.0 Å².